The van der Waals surface area contributed by atoms with Crippen molar-refractivity contribution in [2.75, 3.05) is 22.1 Å². The van der Waals surface area contributed by atoms with Gasteiger partial charge in [0.15, 0.2) is 0 Å². The molecule has 0 unspecified atom stereocenters. The van der Waals surface area contributed by atoms with Crippen LogP contribution in [-0.2, 0) is 5.41 Å². The number of hydrogen-bond acceptors (Lipinski definition) is 4. The molecule has 0 bridgehead atoms. The van der Waals surface area contributed by atoms with Gasteiger partial charge in [-0.3, -0.25) is 0 Å². The predicted molar refractivity (Wildman–Crippen MR) is 134 cm³/mol. The molecule has 0 aromatic heterocycles. The van der Waals surface area contributed by atoms with Crippen LogP contribution in [-0.4, -0.2) is 12.4 Å². The topological polar surface area (TPSA) is 76.1 Å². The Morgan fingerprint density at radius 3 is 1.11 bits per heavy atom. The third-order valence-corrected chi connectivity index (χ3v) is 5.84. The van der Waals surface area contributed by atoms with Gasteiger partial charge in [0.25, 0.3) is 0 Å². The maximum Gasteiger partial charge on any atom is 0.411 e. The highest BCUT2D eigenvalue weighted by Crippen LogP contribution is 2.56. The number of benzene rings is 4. The van der Waals surface area contributed by atoms with Crippen LogP contribution in [0.4, 0.5) is 60.5 Å². The highest BCUT2D eigenvalue weighted by molar-refractivity contribution is 5.66. The second-order valence-corrected chi connectivity index (χ2v) is 8.40. The van der Waals surface area contributed by atoms with E-state index in [-0.39, 0.29) is 0 Å². The zero-order valence-electron chi connectivity index (χ0n) is 19.2. The van der Waals surface area contributed by atoms with E-state index < -0.39 is 28.9 Å². The molecule has 0 saturated carbocycles. The van der Waals surface area contributed by atoms with Crippen LogP contribution in [0.15, 0.2) is 97.1 Å². The molecule has 0 atom stereocenters. The van der Waals surface area contributed by atoms with Gasteiger partial charge in [0.1, 0.15) is 0 Å². The first-order valence-electron chi connectivity index (χ1n) is 11.0. The van der Waals surface area contributed by atoms with Crippen LogP contribution in [0.5, 0.6) is 0 Å². The van der Waals surface area contributed by atoms with Crippen LogP contribution in [0.1, 0.15) is 11.1 Å². The lowest BCUT2D eigenvalue weighted by atomic mass is 9.73. The minimum absolute atomic E-state index is 0.300. The van der Waals surface area contributed by atoms with E-state index in [1.165, 1.54) is 24.3 Å². The van der Waals surface area contributed by atoms with Crippen molar-refractivity contribution in [3.8, 4) is 0 Å². The molecule has 4 aromatic carbocycles. The van der Waals surface area contributed by atoms with Gasteiger partial charge in [-0.05, 0) is 71.8 Å². The number of rotatable bonds is 6. The molecule has 6 N–H and O–H groups in total. The summed E-state index contributed by atoms with van der Waals surface area (Å²) in [4.78, 5) is 0. The van der Waals surface area contributed by atoms with E-state index in [4.69, 9.17) is 11.5 Å². The Labute approximate surface area is 208 Å². The van der Waals surface area contributed by atoms with Crippen LogP contribution in [0.3, 0.4) is 0 Å². The van der Waals surface area contributed by atoms with Gasteiger partial charge in [-0.25, -0.2) is 0 Å². The standard InChI is InChI=1S/C27H22F6N4/c28-26(29,30)25(27(31,32)33,17-7-11-21(12-8-17)36-23-5-1-3-19(34)15-23)18-9-13-22(14-10-18)37-24-6-2-4-20(35)16-24/h1-16,36-37H,34-35H2. The molecule has 0 fully saturated rings. The van der Waals surface area contributed by atoms with Crippen molar-refractivity contribution in [1.29, 1.82) is 0 Å². The monoisotopic (exact) mass is 516 g/mol. The van der Waals surface area contributed by atoms with Gasteiger partial charge in [0.05, 0.1) is 0 Å². The van der Waals surface area contributed by atoms with Crippen LogP contribution < -0.4 is 22.1 Å². The highest BCUT2D eigenvalue weighted by atomic mass is 19.4. The first-order valence-corrected chi connectivity index (χ1v) is 11.0. The highest BCUT2D eigenvalue weighted by Gasteiger charge is 2.72. The molecule has 192 valence electrons. The lowest BCUT2D eigenvalue weighted by molar-refractivity contribution is -0.288. The Morgan fingerprint density at radius 2 is 0.811 bits per heavy atom. The van der Waals surface area contributed by atoms with Gasteiger partial charge in [-0.1, -0.05) is 36.4 Å². The van der Waals surface area contributed by atoms with Crippen LogP contribution >= 0.6 is 0 Å². The number of nitrogens with two attached hydrogens (primary N) is 2. The smallest absolute Gasteiger partial charge is 0.399 e. The van der Waals surface area contributed by atoms with Crippen LogP contribution in [0.2, 0.25) is 0 Å². The molecule has 0 amide bonds. The lowest BCUT2D eigenvalue weighted by Gasteiger charge is -2.38. The minimum Gasteiger partial charge on any atom is -0.399 e. The van der Waals surface area contributed by atoms with Gasteiger partial charge >= 0.3 is 12.4 Å². The summed E-state index contributed by atoms with van der Waals surface area (Å²) >= 11 is 0. The maximum atomic E-state index is 14.4. The van der Waals surface area contributed by atoms with Crippen LogP contribution in [0.25, 0.3) is 0 Å². The third-order valence-electron chi connectivity index (χ3n) is 5.84. The van der Waals surface area contributed by atoms with E-state index in [1.807, 2.05) is 0 Å². The molecule has 4 nitrogen and oxygen atoms in total. The Balaban J connectivity index is 1.73. The number of halogens is 6. The molecule has 37 heavy (non-hydrogen) atoms. The quantitative estimate of drug-likeness (QED) is 0.156. The summed E-state index contributed by atoms with van der Waals surface area (Å²) in [6.07, 6.45) is -11.4. The Kier molecular flexibility index (Phi) is 6.68. The molecule has 0 radical (unpaired) electrons. The van der Waals surface area contributed by atoms with Gasteiger partial charge in [0, 0.05) is 34.1 Å². The molecule has 0 saturated heterocycles. The number of hydrogen-bond donors (Lipinski definition) is 4. The van der Waals surface area contributed by atoms with Crippen molar-refractivity contribution in [3.05, 3.63) is 108 Å². The number of anilines is 6. The van der Waals surface area contributed by atoms with E-state index in [0.29, 0.717) is 34.1 Å². The average molecular weight is 516 g/mol. The second kappa shape index (κ2) is 9.61. The molecular formula is C27H22F6N4. The van der Waals surface area contributed by atoms with Crippen molar-refractivity contribution >= 4 is 34.1 Å². The fourth-order valence-electron chi connectivity index (χ4n) is 4.16. The van der Waals surface area contributed by atoms with Crippen molar-refractivity contribution in [2.24, 2.45) is 0 Å². The third kappa shape index (κ3) is 5.13. The van der Waals surface area contributed by atoms with Crippen molar-refractivity contribution in [1.82, 2.24) is 0 Å². The van der Waals surface area contributed by atoms with E-state index in [2.05, 4.69) is 10.6 Å². The normalized spacial score (nSPS) is 12.3. The largest absolute Gasteiger partial charge is 0.411 e. The Bertz CT molecular complexity index is 1260. The zero-order chi connectivity index (χ0) is 26.8. The lowest BCUT2D eigenvalue weighted by Crippen LogP contribution is -2.54. The maximum absolute atomic E-state index is 14.4. The van der Waals surface area contributed by atoms with E-state index in [0.717, 1.165) is 24.3 Å². The zero-order valence-corrected chi connectivity index (χ0v) is 19.2. The summed E-state index contributed by atoms with van der Waals surface area (Å²) in [6, 6.07) is 21.1. The molecule has 0 aliphatic heterocycles. The fourth-order valence-corrected chi connectivity index (χ4v) is 4.16. The van der Waals surface area contributed by atoms with Crippen LogP contribution in [0, 0.1) is 0 Å². The molecule has 4 rings (SSSR count). The summed E-state index contributed by atoms with van der Waals surface area (Å²) in [7, 11) is 0. The van der Waals surface area contributed by atoms with E-state index in [1.54, 1.807) is 48.5 Å². The molecule has 4 aromatic rings. The molecule has 0 heterocycles. The van der Waals surface area contributed by atoms with Crippen molar-refractivity contribution in [2.45, 2.75) is 17.8 Å². The van der Waals surface area contributed by atoms with Gasteiger partial charge < -0.3 is 22.1 Å². The number of nitrogen functional groups attached to an aromatic ring is 2. The number of nitrogens with one attached hydrogen (secondary N) is 2. The molecule has 10 heteroatoms. The van der Waals surface area contributed by atoms with E-state index >= 15 is 0 Å². The SMILES string of the molecule is Nc1cccc(Nc2ccc(C(c3ccc(Nc4cccc(N)c4)cc3)(C(F)(F)F)C(F)(F)F)cc2)c1. The molecule has 0 spiro atoms. The van der Waals surface area contributed by atoms with Gasteiger partial charge in [0.2, 0.25) is 5.41 Å². The second-order valence-electron chi connectivity index (χ2n) is 8.40. The van der Waals surface area contributed by atoms with Gasteiger partial charge in [-0.2, -0.15) is 26.3 Å². The summed E-state index contributed by atoms with van der Waals surface area (Å²) in [5, 5.41) is 5.83. The average Bonchev–Trinajstić information content (AvgIpc) is 2.80. The first-order chi connectivity index (χ1) is 17.4. The predicted octanol–water partition coefficient (Wildman–Crippen LogP) is 7.75. The van der Waals surface area contributed by atoms with E-state index in [9.17, 15) is 26.3 Å². The fraction of sp³-hybridized carbons (Fsp3) is 0.111. The summed E-state index contributed by atoms with van der Waals surface area (Å²) in [5.74, 6) is 0. The van der Waals surface area contributed by atoms with Crippen molar-refractivity contribution < 1.29 is 26.3 Å². The molecule has 0 aliphatic rings. The summed E-state index contributed by atoms with van der Waals surface area (Å²) in [6.45, 7) is 0. The molecule has 0 aliphatic carbocycles. The first kappa shape index (κ1) is 25.7. The Hall–Kier alpha value is -4.34. The molecular weight excluding hydrogens is 494 g/mol. The van der Waals surface area contributed by atoms with Gasteiger partial charge in [-0.15, -0.1) is 0 Å². The summed E-state index contributed by atoms with van der Waals surface area (Å²) < 4.78 is 86.7. The Morgan fingerprint density at radius 1 is 0.459 bits per heavy atom. The number of alkyl halides is 6. The van der Waals surface area contributed by atoms with Crippen molar-refractivity contribution in [3.63, 3.8) is 0 Å². The summed E-state index contributed by atoms with van der Waals surface area (Å²) in [5.41, 5.74) is 7.84. The minimum atomic E-state index is -5.68.